The van der Waals surface area contributed by atoms with E-state index in [4.69, 9.17) is 4.74 Å². The van der Waals surface area contributed by atoms with Crippen LogP contribution < -0.4 is 15.4 Å². The van der Waals surface area contributed by atoms with Gasteiger partial charge in [-0.2, -0.15) is 10.1 Å². The van der Waals surface area contributed by atoms with Crippen LogP contribution in [0, 0.1) is 6.92 Å². The minimum absolute atomic E-state index is 0.496. The van der Waals surface area contributed by atoms with Crippen molar-refractivity contribution in [3.8, 4) is 5.75 Å². The summed E-state index contributed by atoms with van der Waals surface area (Å²) in [6.45, 7) is 1.93. The zero-order valence-corrected chi connectivity index (χ0v) is 14.4. The number of ether oxygens (including phenoxy) is 1. The number of hydrogen-bond donors (Lipinski definition) is 3. The highest BCUT2D eigenvalue weighted by atomic mass is 16.5. The molecule has 4 aromatic rings. The second kappa shape index (κ2) is 6.72. The second-order valence-corrected chi connectivity index (χ2v) is 5.82. The number of nitrogens with one attached hydrogen (secondary N) is 3. The Kier molecular flexibility index (Phi) is 4.10. The summed E-state index contributed by atoms with van der Waals surface area (Å²) in [6.07, 6.45) is 0. The summed E-state index contributed by atoms with van der Waals surface area (Å²) in [5, 5.41) is 14.5. The summed E-state index contributed by atoms with van der Waals surface area (Å²) in [6, 6.07) is 17.4. The first-order chi connectivity index (χ1) is 12.7. The molecule has 0 saturated heterocycles. The van der Waals surface area contributed by atoms with Gasteiger partial charge in [-0.3, -0.25) is 5.10 Å². The van der Waals surface area contributed by atoms with Crippen molar-refractivity contribution in [2.75, 3.05) is 17.7 Å². The number of anilines is 4. The number of aryl methyl sites for hydroxylation is 1. The SMILES string of the molecule is COc1cccc(Nc2nc(Nc3cc(C)n[nH]3)c3ccccc3n2)c1. The van der Waals surface area contributed by atoms with Crippen LogP contribution in [0.5, 0.6) is 5.75 Å². The highest BCUT2D eigenvalue weighted by molar-refractivity contribution is 5.91. The molecule has 0 saturated carbocycles. The Bertz CT molecular complexity index is 1060. The van der Waals surface area contributed by atoms with Crippen LogP contribution in [0.1, 0.15) is 5.69 Å². The van der Waals surface area contributed by atoms with Crippen LogP contribution in [0.15, 0.2) is 54.6 Å². The normalized spacial score (nSPS) is 10.7. The first kappa shape index (κ1) is 15.9. The molecule has 2 aromatic carbocycles. The van der Waals surface area contributed by atoms with E-state index >= 15 is 0 Å². The third-order valence-corrected chi connectivity index (χ3v) is 3.89. The molecule has 3 N–H and O–H groups in total. The summed E-state index contributed by atoms with van der Waals surface area (Å²) in [5.74, 6) is 2.74. The van der Waals surface area contributed by atoms with E-state index in [9.17, 15) is 0 Å². The van der Waals surface area contributed by atoms with Crippen molar-refractivity contribution >= 4 is 34.2 Å². The molecule has 0 aliphatic rings. The molecule has 7 nitrogen and oxygen atoms in total. The van der Waals surface area contributed by atoms with Crippen molar-refractivity contribution in [2.45, 2.75) is 6.92 Å². The Balaban J connectivity index is 1.73. The number of rotatable bonds is 5. The van der Waals surface area contributed by atoms with E-state index in [2.05, 4.69) is 30.8 Å². The maximum atomic E-state index is 5.26. The first-order valence-corrected chi connectivity index (χ1v) is 8.18. The summed E-state index contributed by atoms with van der Waals surface area (Å²) < 4.78 is 5.26. The van der Waals surface area contributed by atoms with E-state index in [1.54, 1.807) is 7.11 Å². The fourth-order valence-electron chi connectivity index (χ4n) is 2.67. The lowest BCUT2D eigenvalue weighted by molar-refractivity contribution is 0.415. The molecule has 0 unspecified atom stereocenters. The van der Waals surface area contributed by atoms with Crippen LogP contribution in [-0.2, 0) is 0 Å². The van der Waals surface area contributed by atoms with Gasteiger partial charge in [-0.05, 0) is 31.2 Å². The molecule has 0 atom stereocenters. The van der Waals surface area contributed by atoms with Gasteiger partial charge in [0.15, 0.2) is 0 Å². The highest BCUT2D eigenvalue weighted by Gasteiger charge is 2.09. The second-order valence-electron chi connectivity index (χ2n) is 5.82. The Morgan fingerprint density at radius 2 is 1.85 bits per heavy atom. The number of hydrogen-bond acceptors (Lipinski definition) is 6. The summed E-state index contributed by atoms with van der Waals surface area (Å²) in [7, 11) is 1.64. The Hall–Kier alpha value is -3.61. The van der Waals surface area contributed by atoms with Gasteiger partial charge in [-0.1, -0.05) is 18.2 Å². The molecule has 0 bridgehead atoms. The molecular weight excluding hydrogens is 328 g/mol. The number of H-pyrrole nitrogens is 1. The number of fused-ring (bicyclic) bond motifs is 1. The van der Waals surface area contributed by atoms with Gasteiger partial charge < -0.3 is 15.4 Å². The van der Waals surface area contributed by atoms with Crippen molar-refractivity contribution in [3.63, 3.8) is 0 Å². The Labute approximate surface area is 150 Å². The van der Waals surface area contributed by atoms with Crippen molar-refractivity contribution < 1.29 is 4.74 Å². The van der Waals surface area contributed by atoms with Crippen LogP contribution in [0.4, 0.5) is 23.3 Å². The number of aromatic nitrogens is 4. The molecule has 0 fully saturated rings. The van der Waals surface area contributed by atoms with Crippen molar-refractivity contribution in [1.82, 2.24) is 20.2 Å². The van der Waals surface area contributed by atoms with Crippen LogP contribution in [0.2, 0.25) is 0 Å². The van der Waals surface area contributed by atoms with E-state index in [0.717, 1.165) is 33.9 Å². The molecule has 0 aliphatic heterocycles. The summed E-state index contributed by atoms with van der Waals surface area (Å²) in [4.78, 5) is 9.24. The number of para-hydroxylation sites is 1. The van der Waals surface area contributed by atoms with Crippen molar-refractivity contribution in [3.05, 3.63) is 60.3 Å². The molecule has 130 valence electrons. The lowest BCUT2D eigenvalue weighted by Crippen LogP contribution is -2.02. The van der Waals surface area contributed by atoms with E-state index in [0.29, 0.717) is 11.8 Å². The quantitative estimate of drug-likeness (QED) is 0.503. The van der Waals surface area contributed by atoms with Gasteiger partial charge in [0, 0.05) is 23.2 Å². The molecular formula is C19H18N6O. The highest BCUT2D eigenvalue weighted by Crippen LogP contribution is 2.26. The molecule has 0 aliphatic carbocycles. The summed E-state index contributed by atoms with van der Waals surface area (Å²) >= 11 is 0. The van der Waals surface area contributed by atoms with Crippen molar-refractivity contribution in [1.29, 1.82) is 0 Å². The van der Waals surface area contributed by atoms with Gasteiger partial charge in [0.25, 0.3) is 0 Å². The zero-order chi connectivity index (χ0) is 17.9. The summed E-state index contributed by atoms with van der Waals surface area (Å²) in [5.41, 5.74) is 2.59. The van der Waals surface area contributed by atoms with Crippen LogP contribution in [0.25, 0.3) is 10.9 Å². The average molecular weight is 346 g/mol. The Morgan fingerprint density at radius 1 is 0.962 bits per heavy atom. The van der Waals surface area contributed by atoms with Crippen molar-refractivity contribution in [2.24, 2.45) is 0 Å². The predicted molar refractivity (Wildman–Crippen MR) is 102 cm³/mol. The zero-order valence-electron chi connectivity index (χ0n) is 14.4. The van der Waals surface area contributed by atoms with Gasteiger partial charge in [-0.25, -0.2) is 4.98 Å². The maximum absolute atomic E-state index is 5.26. The monoisotopic (exact) mass is 346 g/mol. The Morgan fingerprint density at radius 3 is 2.65 bits per heavy atom. The largest absolute Gasteiger partial charge is 0.497 e. The van der Waals surface area contributed by atoms with Gasteiger partial charge in [-0.15, -0.1) is 0 Å². The van der Waals surface area contributed by atoms with E-state index in [-0.39, 0.29) is 0 Å². The first-order valence-electron chi connectivity index (χ1n) is 8.18. The standard InChI is InChI=1S/C19H18N6O/c1-12-10-17(25-24-12)22-18-15-8-3-4-9-16(15)21-19(23-18)20-13-6-5-7-14(11-13)26-2/h3-11H,1-2H3,(H3,20,21,22,23,24,25). The third kappa shape index (κ3) is 3.27. The van der Waals surface area contributed by atoms with Gasteiger partial charge in [0.05, 0.1) is 18.3 Å². The molecule has 4 rings (SSSR count). The number of methoxy groups -OCH3 is 1. The minimum atomic E-state index is 0.496. The predicted octanol–water partition coefficient (Wildman–Crippen LogP) is 4.16. The molecule has 0 radical (unpaired) electrons. The fraction of sp³-hybridized carbons (Fsp3) is 0.105. The van der Waals surface area contributed by atoms with E-state index < -0.39 is 0 Å². The molecule has 2 heterocycles. The molecule has 26 heavy (non-hydrogen) atoms. The smallest absolute Gasteiger partial charge is 0.229 e. The fourth-order valence-corrected chi connectivity index (χ4v) is 2.67. The number of aromatic amines is 1. The number of benzene rings is 2. The molecule has 0 amide bonds. The third-order valence-electron chi connectivity index (χ3n) is 3.89. The van der Waals surface area contributed by atoms with Crippen LogP contribution in [-0.4, -0.2) is 27.3 Å². The van der Waals surface area contributed by atoms with E-state index in [1.165, 1.54) is 0 Å². The van der Waals surface area contributed by atoms with Gasteiger partial charge in [0.1, 0.15) is 17.4 Å². The van der Waals surface area contributed by atoms with E-state index in [1.807, 2.05) is 61.5 Å². The molecule has 7 heteroatoms. The van der Waals surface area contributed by atoms with Gasteiger partial charge >= 0.3 is 0 Å². The lowest BCUT2D eigenvalue weighted by Gasteiger charge is -2.11. The maximum Gasteiger partial charge on any atom is 0.229 e. The van der Waals surface area contributed by atoms with Crippen LogP contribution in [0.3, 0.4) is 0 Å². The van der Waals surface area contributed by atoms with Crippen LogP contribution >= 0.6 is 0 Å². The minimum Gasteiger partial charge on any atom is -0.497 e. The topological polar surface area (TPSA) is 87.8 Å². The lowest BCUT2D eigenvalue weighted by atomic mass is 10.2. The number of nitrogens with zero attached hydrogens (tertiary/aromatic N) is 3. The molecule has 2 aromatic heterocycles. The van der Waals surface area contributed by atoms with Gasteiger partial charge in [0.2, 0.25) is 5.95 Å². The average Bonchev–Trinajstić information content (AvgIpc) is 3.07. The molecule has 0 spiro atoms.